The molecule has 172 valence electrons. The summed E-state index contributed by atoms with van der Waals surface area (Å²) in [5.41, 5.74) is 3.81. The highest BCUT2D eigenvalue weighted by atomic mass is 16.7. The van der Waals surface area contributed by atoms with Gasteiger partial charge >= 0.3 is 6.09 Å². The first-order valence-corrected chi connectivity index (χ1v) is 11.1. The Hall–Kier alpha value is -1.75. The standard InChI is InChI=1S/C22H32N2O7/c25-19(13-23-31-16-6-9-27-10-7-16)20(12-15-4-2-1-3-5-15)30-22(26)24-18-14-29-21-17(18)8-11-28-21/h1-5,16-21,23,25H,6-14H2,(H,24,26). The van der Waals surface area contributed by atoms with E-state index in [1.165, 1.54) is 0 Å². The van der Waals surface area contributed by atoms with Gasteiger partial charge < -0.3 is 29.4 Å². The first-order valence-electron chi connectivity index (χ1n) is 11.1. The predicted octanol–water partition coefficient (Wildman–Crippen LogP) is 1.15. The Kier molecular flexibility index (Phi) is 8.12. The van der Waals surface area contributed by atoms with E-state index in [0.29, 0.717) is 32.8 Å². The zero-order chi connectivity index (χ0) is 21.5. The number of carbonyl (C=O) groups excluding carboxylic acids is 1. The van der Waals surface area contributed by atoms with E-state index < -0.39 is 18.3 Å². The summed E-state index contributed by atoms with van der Waals surface area (Å²) in [5.74, 6) is 0.139. The molecular formula is C22H32N2O7. The van der Waals surface area contributed by atoms with E-state index in [4.69, 9.17) is 23.8 Å². The minimum atomic E-state index is -0.937. The highest BCUT2D eigenvalue weighted by Gasteiger charge is 2.42. The van der Waals surface area contributed by atoms with Gasteiger partial charge in [-0.25, -0.2) is 4.79 Å². The Bertz CT molecular complexity index is 686. The molecule has 3 fully saturated rings. The zero-order valence-electron chi connectivity index (χ0n) is 17.6. The van der Waals surface area contributed by atoms with Gasteiger partial charge in [-0.05, 0) is 24.8 Å². The molecule has 3 saturated heterocycles. The first kappa shape index (κ1) is 22.4. The van der Waals surface area contributed by atoms with Crippen molar-refractivity contribution in [3.8, 4) is 0 Å². The van der Waals surface area contributed by atoms with Crippen LogP contribution in [0.2, 0.25) is 0 Å². The number of hydrogen-bond donors (Lipinski definition) is 3. The zero-order valence-corrected chi connectivity index (χ0v) is 17.6. The van der Waals surface area contributed by atoms with Gasteiger partial charge in [0.05, 0.1) is 31.9 Å². The van der Waals surface area contributed by atoms with E-state index in [-0.39, 0.29) is 30.9 Å². The van der Waals surface area contributed by atoms with Gasteiger partial charge in [0, 0.05) is 25.6 Å². The molecule has 0 radical (unpaired) electrons. The van der Waals surface area contributed by atoms with Crippen molar-refractivity contribution in [2.24, 2.45) is 5.92 Å². The first-order chi connectivity index (χ1) is 15.2. The second-order valence-corrected chi connectivity index (χ2v) is 8.25. The second-order valence-electron chi connectivity index (χ2n) is 8.25. The molecule has 1 aromatic carbocycles. The van der Waals surface area contributed by atoms with Crippen LogP contribution in [0.4, 0.5) is 4.79 Å². The monoisotopic (exact) mass is 436 g/mol. The molecule has 0 saturated carbocycles. The lowest BCUT2D eigenvalue weighted by molar-refractivity contribution is -0.0951. The van der Waals surface area contributed by atoms with Gasteiger partial charge in [0.25, 0.3) is 0 Å². The number of nitrogens with one attached hydrogen (secondary N) is 2. The number of aliphatic hydroxyl groups is 1. The molecule has 5 atom stereocenters. The van der Waals surface area contributed by atoms with E-state index in [1.54, 1.807) is 0 Å². The van der Waals surface area contributed by atoms with Crippen molar-refractivity contribution >= 4 is 6.09 Å². The average Bonchev–Trinajstić information content (AvgIpc) is 3.40. The number of hydroxylamine groups is 1. The molecule has 31 heavy (non-hydrogen) atoms. The van der Waals surface area contributed by atoms with Crippen molar-refractivity contribution in [3.05, 3.63) is 35.9 Å². The molecule has 3 heterocycles. The molecule has 1 amide bonds. The number of aliphatic hydroxyl groups excluding tert-OH is 1. The molecule has 0 aromatic heterocycles. The van der Waals surface area contributed by atoms with E-state index >= 15 is 0 Å². The Labute approximate surface area is 182 Å². The fraction of sp³-hybridized carbons (Fsp3) is 0.682. The topological polar surface area (TPSA) is 108 Å². The Morgan fingerprint density at radius 3 is 2.74 bits per heavy atom. The summed E-state index contributed by atoms with van der Waals surface area (Å²) >= 11 is 0. The number of fused-ring (bicyclic) bond motifs is 1. The van der Waals surface area contributed by atoms with Crippen LogP contribution in [0.5, 0.6) is 0 Å². The van der Waals surface area contributed by atoms with Crippen molar-refractivity contribution in [3.63, 3.8) is 0 Å². The number of alkyl carbamates (subject to hydrolysis) is 1. The van der Waals surface area contributed by atoms with Crippen molar-refractivity contribution in [2.75, 3.05) is 33.0 Å². The molecule has 0 bridgehead atoms. The molecule has 9 heteroatoms. The van der Waals surface area contributed by atoms with Crippen molar-refractivity contribution in [1.82, 2.24) is 10.8 Å². The number of amides is 1. The van der Waals surface area contributed by atoms with Gasteiger partial charge in [-0.2, -0.15) is 5.48 Å². The summed E-state index contributed by atoms with van der Waals surface area (Å²) in [6.07, 6.45) is 0.439. The second kappa shape index (κ2) is 11.2. The number of carbonyl (C=O) groups is 1. The number of ether oxygens (including phenoxy) is 4. The quantitative estimate of drug-likeness (QED) is 0.495. The lowest BCUT2D eigenvalue weighted by Gasteiger charge is -2.27. The fourth-order valence-electron chi connectivity index (χ4n) is 4.22. The fourth-order valence-corrected chi connectivity index (χ4v) is 4.22. The Balaban J connectivity index is 1.30. The molecule has 0 aliphatic carbocycles. The van der Waals surface area contributed by atoms with E-state index in [1.807, 2.05) is 30.3 Å². The summed E-state index contributed by atoms with van der Waals surface area (Å²) in [5, 5.41) is 13.6. The molecule has 3 aliphatic rings. The van der Waals surface area contributed by atoms with Crippen LogP contribution in [0.25, 0.3) is 0 Å². The minimum Gasteiger partial charge on any atom is -0.443 e. The molecule has 3 aliphatic heterocycles. The van der Waals surface area contributed by atoms with Crippen LogP contribution < -0.4 is 10.8 Å². The van der Waals surface area contributed by atoms with Gasteiger partial charge in [-0.3, -0.25) is 4.84 Å². The normalized spacial score (nSPS) is 28.1. The predicted molar refractivity (Wildman–Crippen MR) is 110 cm³/mol. The molecular weight excluding hydrogens is 404 g/mol. The molecule has 1 aromatic rings. The van der Waals surface area contributed by atoms with Crippen LogP contribution in [-0.2, 0) is 30.2 Å². The Morgan fingerprint density at radius 2 is 1.94 bits per heavy atom. The molecule has 4 rings (SSSR count). The van der Waals surface area contributed by atoms with Crippen molar-refractivity contribution in [2.45, 2.75) is 56.3 Å². The number of hydrogen-bond acceptors (Lipinski definition) is 8. The summed E-state index contributed by atoms with van der Waals surface area (Å²) in [6, 6.07) is 9.50. The maximum Gasteiger partial charge on any atom is 0.407 e. The third-order valence-corrected chi connectivity index (χ3v) is 6.02. The maximum absolute atomic E-state index is 12.6. The molecule has 9 nitrogen and oxygen atoms in total. The van der Waals surface area contributed by atoms with Crippen LogP contribution in [0, 0.1) is 5.92 Å². The van der Waals surface area contributed by atoms with Gasteiger partial charge in [0.2, 0.25) is 0 Å². The number of rotatable bonds is 9. The SMILES string of the molecule is O=C(NC1COC2OCCC12)OC(Cc1ccccc1)C(O)CNOC1CCOCC1. The largest absolute Gasteiger partial charge is 0.443 e. The molecule has 0 spiro atoms. The Morgan fingerprint density at radius 1 is 1.13 bits per heavy atom. The molecule has 3 N–H and O–H groups in total. The maximum atomic E-state index is 12.6. The van der Waals surface area contributed by atoms with Crippen LogP contribution in [0.1, 0.15) is 24.8 Å². The van der Waals surface area contributed by atoms with Crippen LogP contribution in [-0.4, -0.2) is 74.8 Å². The van der Waals surface area contributed by atoms with Crippen LogP contribution in [0.3, 0.4) is 0 Å². The van der Waals surface area contributed by atoms with E-state index in [0.717, 1.165) is 24.8 Å². The summed E-state index contributed by atoms with van der Waals surface area (Å²) in [7, 11) is 0. The lowest BCUT2D eigenvalue weighted by Crippen LogP contribution is -2.46. The summed E-state index contributed by atoms with van der Waals surface area (Å²) < 4.78 is 22.0. The van der Waals surface area contributed by atoms with Gasteiger partial charge in [0.15, 0.2) is 6.29 Å². The average molecular weight is 437 g/mol. The highest BCUT2D eigenvalue weighted by molar-refractivity contribution is 5.68. The van der Waals surface area contributed by atoms with E-state index in [9.17, 15) is 9.90 Å². The smallest absolute Gasteiger partial charge is 0.407 e. The lowest BCUT2D eigenvalue weighted by atomic mass is 10.0. The third-order valence-electron chi connectivity index (χ3n) is 6.02. The summed E-state index contributed by atoms with van der Waals surface area (Å²) in [6.45, 7) is 2.53. The third kappa shape index (κ3) is 6.38. The highest BCUT2D eigenvalue weighted by Crippen LogP contribution is 2.31. The van der Waals surface area contributed by atoms with Crippen LogP contribution >= 0.6 is 0 Å². The van der Waals surface area contributed by atoms with Crippen LogP contribution in [0.15, 0.2) is 30.3 Å². The van der Waals surface area contributed by atoms with Gasteiger partial charge in [-0.15, -0.1) is 0 Å². The number of benzene rings is 1. The molecule has 5 unspecified atom stereocenters. The van der Waals surface area contributed by atoms with Gasteiger partial charge in [0.1, 0.15) is 12.2 Å². The van der Waals surface area contributed by atoms with Gasteiger partial charge in [-0.1, -0.05) is 30.3 Å². The van der Waals surface area contributed by atoms with Crippen molar-refractivity contribution in [1.29, 1.82) is 0 Å². The van der Waals surface area contributed by atoms with E-state index in [2.05, 4.69) is 10.8 Å². The summed E-state index contributed by atoms with van der Waals surface area (Å²) in [4.78, 5) is 18.2. The van der Waals surface area contributed by atoms with Crippen molar-refractivity contribution < 1.29 is 33.7 Å². The minimum absolute atomic E-state index is 0.0571.